The number of rotatable bonds is 4. The van der Waals surface area contributed by atoms with Crippen LogP contribution < -0.4 is 10.5 Å². The van der Waals surface area contributed by atoms with Crippen LogP contribution in [0.15, 0.2) is 18.2 Å². The Morgan fingerprint density at radius 2 is 2.31 bits per heavy atom. The Bertz CT molecular complexity index is 349. The molecule has 1 aromatic carbocycles. The summed E-state index contributed by atoms with van der Waals surface area (Å²) in [4.78, 5) is 0. The Morgan fingerprint density at radius 1 is 1.44 bits per heavy atom. The van der Waals surface area contributed by atoms with E-state index in [9.17, 15) is 0 Å². The summed E-state index contributed by atoms with van der Waals surface area (Å²) in [6.45, 7) is 0.801. The van der Waals surface area contributed by atoms with E-state index in [1.165, 1.54) is 36.8 Å². The second kappa shape index (κ2) is 5.35. The summed E-state index contributed by atoms with van der Waals surface area (Å²) >= 11 is 0. The average Bonchev–Trinajstić information content (AvgIpc) is 2.35. The predicted molar refractivity (Wildman–Crippen MR) is 67.0 cm³/mol. The van der Waals surface area contributed by atoms with Crippen LogP contribution in [0.5, 0.6) is 5.75 Å². The topological polar surface area (TPSA) is 35.2 Å². The van der Waals surface area contributed by atoms with Crippen molar-refractivity contribution in [2.75, 3.05) is 13.7 Å². The Labute approximate surface area is 97.8 Å². The number of hydrogen-bond donors (Lipinski definition) is 1. The lowest BCUT2D eigenvalue weighted by atomic mass is 9.80. The van der Waals surface area contributed by atoms with Gasteiger partial charge in [-0.1, -0.05) is 6.07 Å². The first-order chi connectivity index (χ1) is 7.85. The number of benzene rings is 1. The monoisotopic (exact) mass is 219 g/mol. The van der Waals surface area contributed by atoms with Crippen molar-refractivity contribution in [2.45, 2.75) is 38.0 Å². The molecule has 1 atom stereocenters. The number of aryl methyl sites for hydroxylation is 1. The van der Waals surface area contributed by atoms with E-state index in [4.69, 9.17) is 10.5 Å². The molecule has 1 aliphatic carbocycles. The van der Waals surface area contributed by atoms with Gasteiger partial charge < -0.3 is 10.5 Å². The van der Waals surface area contributed by atoms with Crippen LogP contribution in [0.3, 0.4) is 0 Å². The van der Waals surface area contributed by atoms with Gasteiger partial charge in [-0.05, 0) is 67.8 Å². The smallest absolute Gasteiger partial charge is 0.119 e. The molecule has 16 heavy (non-hydrogen) atoms. The van der Waals surface area contributed by atoms with Crippen LogP contribution in [-0.2, 0) is 6.42 Å². The lowest BCUT2D eigenvalue weighted by Gasteiger charge is -2.25. The lowest BCUT2D eigenvalue weighted by molar-refractivity contribution is 0.411. The zero-order valence-corrected chi connectivity index (χ0v) is 10.0. The van der Waals surface area contributed by atoms with Gasteiger partial charge in [0.15, 0.2) is 0 Å². The highest BCUT2D eigenvalue weighted by molar-refractivity contribution is 5.39. The molecular formula is C14H21NO. The minimum absolute atomic E-state index is 0.697. The van der Waals surface area contributed by atoms with Crippen LogP contribution in [0.4, 0.5) is 0 Å². The SMILES string of the molecule is COc1ccc2c(c1)[C@@H](CCCN)CCC2. The Hall–Kier alpha value is -1.02. The molecule has 0 unspecified atom stereocenters. The summed E-state index contributed by atoms with van der Waals surface area (Å²) in [5.41, 5.74) is 8.60. The first kappa shape index (κ1) is 11.5. The van der Waals surface area contributed by atoms with Gasteiger partial charge in [-0.25, -0.2) is 0 Å². The van der Waals surface area contributed by atoms with Crippen LogP contribution in [-0.4, -0.2) is 13.7 Å². The van der Waals surface area contributed by atoms with Crippen molar-refractivity contribution in [1.82, 2.24) is 0 Å². The van der Waals surface area contributed by atoms with Gasteiger partial charge in [0.2, 0.25) is 0 Å². The normalized spacial score (nSPS) is 19.2. The largest absolute Gasteiger partial charge is 0.497 e. The molecule has 0 radical (unpaired) electrons. The molecule has 0 fully saturated rings. The van der Waals surface area contributed by atoms with Gasteiger partial charge in [0.25, 0.3) is 0 Å². The van der Waals surface area contributed by atoms with E-state index in [2.05, 4.69) is 18.2 Å². The van der Waals surface area contributed by atoms with Crippen LogP contribution in [0.1, 0.15) is 42.7 Å². The summed E-state index contributed by atoms with van der Waals surface area (Å²) in [5.74, 6) is 1.68. The van der Waals surface area contributed by atoms with Gasteiger partial charge in [-0.2, -0.15) is 0 Å². The molecule has 0 amide bonds. The molecule has 2 heteroatoms. The average molecular weight is 219 g/mol. The predicted octanol–water partition coefficient (Wildman–Crippen LogP) is 2.85. The molecule has 88 valence electrons. The molecule has 2 N–H and O–H groups in total. The number of fused-ring (bicyclic) bond motifs is 1. The van der Waals surface area contributed by atoms with Gasteiger partial charge in [0.1, 0.15) is 5.75 Å². The van der Waals surface area contributed by atoms with E-state index in [0.29, 0.717) is 5.92 Å². The molecule has 0 saturated heterocycles. The third kappa shape index (κ3) is 2.38. The van der Waals surface area contributed by atoms with E-state index in [-0.39, 0.29) is 0 Å². The van der Waals surface area contributed by atoms with Gasteiger partial charge in [0.05, 0.1) is 7.11 Å². The van der Waals surface area contributed by atoms with Gasteiger partial charge >= 0.3 is 0 Å². The molecule has 0 saturated carbocycles. The molecule has 2 rings (SSSR count). The maximum Gasteiger partial charge on any atom is 0.119 e. The number of nitrogens with two attached hydrogens (primary N) is 1. The van der Waals surface area contributed by atoms with Crippen molar-refractivity contribution in [2.24, 2.45) is 5.73 Å². The van der Waals surface area contributed by atoms with Crippen LogP contribution in [0.2, 0.25) is 0 Å². The molecule has 1 aliphatic rings. The molecule has 0 bridgehead atoms. The fourth-order valence-electron chi connectivity index (χ4n) is 2.67. The second-order valence-electron chi connectivity index (χ2n) is 4.58. The maximum atomic E-state index is 5.60. The molecule has 2 nitrogen and oxygen atoms in total. The summed E-state index contributed by atoms with van der Waals surface area (Å²) in [6.07, 6.45) is 6.19. The van der Waals surface area contributed by atoms with Gasteiger partial charge in [-0.3, -0.25) is 0 Å². The van der Waals surface area contributed by atoms with Crippen molar-refractivity contribution in [3.63, 3.8) is 0 Å². The van der Waals surface area contributed by atoms with Gasteiger partial charge in [-0.15, -0.1) is 0 Å². The van der Waals surface area contributed by atoms with Crippen LogP contribution >= 0.6 is 0 Å². The molecule has 1 aromatic rings. The number of hydrogen-bond acceptors (Lipinski definition) is 2. The van der Waals surface area contributed by atoms with Crippen molar-refractivity contribution < 1.29 is 4.74 Å². The zero-order chi connectivity index (χ0) is 11.4. The van der Waals surface area contributed by atoms with E-state index in [1.54, 1.807) is 7.11 Å². The fourth-order valence-corrected chi connectivity index (χ4v) is 2.67. The summed E-state index contributed by atoms with van der Waals surface area (Å²) in [6, 6.07) is 6.52. The molecule has 0 aliphatic heterocycles. The summed E-state index contributed by atoms with van der Waals surface area (Å²) in [5, 5.41) is 0. The highest BCUT2D eigenvalue weighted by Gasteiger charge is 2.20. The van der Waals surface area contributed by atoms with Gasteiger partial charge in [0, 0.05) is 0 Å². The lowest BCUT2D eigenvalue weighted by Crippen LogP contribution is -2.11. The fraction of sp³-hybridized carbons (Fsp3) is 0.571. The van der Waals surface area contributed by atoms with E-state index in [1.807, 2.05) is 0 Å². The van der Waals surface area contributed by atoms with E-state index in [0.717, 1.165) is 18.7 Å². The zero-order valence-electron chi connectivity index (χ0n) is 10.0. The third-order valence-electron chi connectivity index (χ3n) is 3.55. The number of methoxy groups -OCH3 is 1. The Balaban J connectivity index is 2.21. The van der Waals surface area contributed by atoms with Crippen molar-refractivity contribution >= 4 is 0 Å². The Morgan fingerprint density at radius 3 is 3.06 bits per heavy atom. The molecule has 0 heterocycles. The minimum Gasteiger partial charge on any atom is -0.497 e. The summed E-state index contributed by atoms with van der Waals surface area (Å²) in [7, 11) is 1.74. The Kier molecular flexibility index (Phi) is 3.83. The second-order valence-corrected chi connectivity index (χ2v) is 4.58. The molecular weight excluding hydrogens is 198 g/mol. The third-order valence-corrected chi connectivity index (χ3v) is 3.55. The highest BCUT2D eigenvalue weighted by Crippen LogP contribution is 2.36. The van der Waals surface area contributed by atoms with E-state index >= 15 is 0 Å². The quantitative estimate of drug-likeness (QED) is 0.845. The van der Waals surface area contributed by atoms with Crippen LogP contribution in [0, 0.1) is 0 Å². The van der Waals surface area contributed by atoms with Crippen molar-refractivity contribution in [3.05, 3.63) is 29.3 Å². The maximum absolute atomic E-state index is 5.60. The van der Waals surface area contributed by atoms with Crippen molar-refractivity contribution in [3.8, 4) is 5.75 Å². The summed E-state index contributed by atoms with van der Waals surface area (Å²) < 4.78 is 5.31. The first-order valence-corrected chi connectivity index (χ1v) is 6.22. The minimum atomic E-state index is 0.697. The molecule has 0 spiro atoms. The number of ether oxygens (including phenoxy) is 1. The standard InChI is InChI=1S/C14H21NO/c1-16-13-8-7-12-5-2-4-11(6-3-9-15)14(12)10-13/h7-8,10-11H,2-6,9,15H2,1H3/t11-/m1/s1. The molecule has 0 aromatic heterocycles. The van der Waals surface area contributed by atoms with Crippen LogP contribution in [0.25, 0.3) is 0 Å². The first-order valence-electron chi connectivity index (χ1n) is 6.22. The van der Waals surface area contributed by atoms with E-state index < -0.39 is 0 Å². The van der Waals surface area contributed by atoms with Crippen molar-refractivity contribution in [1.29, 1.82) is 0 Å². The highest BCUT2D eigenvalue weighted by atomic mass is 16.5.